The monoisotopic (exact) mass is 262 g/mol. The van der Waals surface area contributed by atoms with Crippen LogP contribution in [0.15, 0.2) is 0 Å². The van der Waals surface area contributed by atoms with Crippen LogP contribution >= 0.6 is 0 Å². The van der Waals surface area contributed by atoms with Gasteiger partial charge >= 0.3 is 40.0 Å². The van der Waals surface area contributed by atoms with Gasteiger partial charge in [0.25, 0.3) is 0 Å². The molecule has 0 aromatic heterocycles. The van der Waals surface area contributed by atoms with Gasteiger partial charge in [-0.15, -0.1) is 0 Å². The van der Waals surface area contributed by atoms with Gasteiger partial charge in [0.05, 0.1) is 13.7 Å². The van der Waals surface area contributed by atoms with Crippen LogP contribution in [-0.2, 0) is 18.8 Å². The molecule has 4 nitrogen and oxygen atoms in total. The van der Waals surface area contributed by atoms with Crippen molar-refractivity contribution in [2.45, 2.75) is 51.9 Å². The van der Waals surface area contributed by atoms with Crippen LogP contribution in [0.2, 0.25) is 0 Å². The van der Waals surface area contributed by atoms with Crippen LogP contribution in [-0.4, -0.2) is 22.1 Å². The van der Waals surface area contributed by atoms with E-state index >= 15 is 0 Å². The number of unbranched alkanes of at least 4 members (excludes halogenated alkanes) is 6. The van der Waals surface area contributed by atoms with E-state index in [4.69, 9.17) is 0 Å². The fourth-order valence-corrected chi connectivity index (χ4v) is 1.69. The summed E-state index contributed by atoms with van der Waals surface area (Å²) < 4.78 is 30.2. The van der Waals surface area contributed by atoms with Crippen molar-refractivity contribution in [3.05, 3.63) is 0 Å². The van der Waals surface area contributed by atoms with E-state index in [0.29, 0.717) is 0 Å². The van der Waals surface area contributed by atoms with Gasteiger partial charge in [-0.25, -0.2) is 4.18 Å². The average Bonchev–Trinajstić information content (AvgIpc) is 2.22. The summed E-state index contributed by atoms with van der Waals surface area (Å²) in [6, 6.07) is 0. The van der Waals surface area contributed by atoms with Crippen molar-refractivity contribution in [3.8, 4) is 0 Å². The first-order valence-electron chi connectivity index (χ1n) is 5.57. The molecule has 0 bridgehead atoms. The molecule has 0 aromatic rings. The Labute approximate surface area is 123 Å². The van der Waals surface area contributed by atoms with Crippen molar-refractivity contribution in [1.82, 2.24) is 0 Å². The molecule has 94 valence electrons. The molecule has 0 aromatic carbocycles. The first-order valence-corrected chi connectivity index (χ1v) is 6.90. The fourth-order valence-electron chi connectivity index (χ4n) is 1.27. The molecule has 0 fully saturated rings. The van der Waals surface area contributed by atoms with Gasteiger partial charge in [-0.05, 0) is 6.42 Å². The Balaban J connectivity index is -0.000000980. The maximum absolute atomic E-state index is 10.7. The van der Waals surface area contributed by atoms with Crippen molar-refractivity contribution in [1.29, 1.82) is 0 Å². The molecule has 0 saturated carbocycles. The minimum atomic E-state index is -3.72. The summed E-state index contributed by atoms with van der Waals surface area (Å²) in [4.78, 5) is 0. The van der Waals surface area contributed by atoms with Gasteiger partial charge in [-0.2, -0.15) is 8.42 Å². The summed E-state index contributed by atoms with van der Waals surface area (Å²) in [5.74, 6) is 0. The third kappa shape index (κ3) is 12.9. The molecule has 0 amide bonds. The normalized spacial score (nSPS) is 11.1. The molecule has 0 atom stereocenters. The minimum absolute atomic E-state index is 0. The SMILES string of the molecule is CCCCCCCCCOS(=O)(=O)OC.[H-].[Na+]. The summed E-state index contributed by atoms with van der Waals surface area (Å²) >= 11 is 0. The second-order valence-electron chi connectivity index (χ2n) is 3.52. The second kappa shape index (κ2) is 12.3. The van der Waals surface area contributed by atoms with Gasteiger partial charge in [0, 0.05) is 0 Å². The molecule has 0 unspecified atom stereocenters. The van der Waals surface area contributed by atoms with Crippen LogP contribution in [0.1, 0.15) is 53.3 Å². The number of hydrogen-bond acceptors (Lipinski definition) is 4. The molecule has 0 N–H and O–H groups in total. The maximum atomic E-state index is 10.7. The van der Waals surface area contributed by atoms with E-state index < -0.39 is 10.4 Å². The largest absolute Gasteiger partial charge is 1.00 e. The zero-order valence-corrected chi connectivity index (χ0v) is 13.5. The molecule has 0 heterocycles. The summed E-state index contributed by atoms with van der Waals surface area (Å²) in [6.07, 6.45) is 7.97. The van der Waals surface area contributed by atoms with Gasteiger partial charge in [0.2, 0.25) is 0 Å². The smallest absolute Gasteiger partial charge is 1.00 e. The molecular weight excluding hydrogens is 239 g/mol. The zero-order chi connectivity index (χ0) is 11.6. The quantitative estimate of drug-likeness (QED) is 0.403. The summed E-state index contributed by atoms with van der Waals surface area (Å²) in [7, 11) is -2.62. The first-order chi connectivity index (χ1) is 7.12. The van der Waals surface area contributed by atoms with Crippen LogP contribution < -0.4 is 29.6 Å². The third-order valence-electron chi connectivity index (χ3n) is 2.18. The van der Waals surface area contributed by atoms with E-state index in [1.165, 1.54) is 25.7 Å². The number of rotatable bonds is 10. The van der Waals surface area contributed by atoms with Gasteiger partial charge in [0.15, 0.2) is 0 Å². The average molecular weight is 262 g/mol. The van der Waals surface area contributed by atoms with E-state index in [-0.39, 0.29) is 37.6 Å². The van der Waals surface area contributed by atoms with Crippen LogP contribution in [0.5, 0.6) is 0 Å². The Kier molecular flexibility index (Phi) is 14.8. The molecule has 0 radical (unpaired) electrons. The van der Waals surface area contributed by atoms with Crippen molar-refractivity contribution in [2.75, 3.05) is 13.7 Å². The van der Waals surface area contributed by atoms with Gasteiger partial charge < -0.3 is 1.43 Å². The number of hydrogen-bond donors (Lipinski definition) is 0. The first kappa shape index (κ1) is 19.2. The topological polar surface area (TPSA) is 52.6 Å². The van der Waals surface area contributed by atoms with Crippen molar-refractivity contribution in [2.24, 2.45) is 0 Å². The molecule has 6 heteroatoms. The predicted molar refractivity (Wildman–Crippen MR) is 61.0 cm³/mol. The molecule has 0 aliphatic heterocycles. The van der Waals surface area contributed by atoms with Crippen LogP contribution in [0.25, 0.3) is 0 Å². The van der Waals surface area contributed by atoms with Crippen LogP contribution in [0.4, 0.5) is 0 Å². The predicted octanol–water partition coefficient (Wildman–Crippen LogP) is -0.239. The van der Waals surface area contributed by atoms with E-state index in [0.717, 1.165) is 26.4 Å². The van der Waals surface area contributed by atoms with Crippen molar-refractivity contribution >= 4 is 10.4 Å². The zero-order valence-electron chi connectivity index (χ0n) is 11.7. The van der Waals surface area contributed by atoms with E-state index in [2.05, 4.69) is 15.3 Å². The summed E-state index contributed by atoms with van der Waals surface area (Å²) in [5, 5.41) is 0. The summed E-state index contributed by atoms with van der Waals surface area (Å²) in [5.41, 5.74) is 0. The van der Waals surface area contributed by atoms with Crippen LogP contribution in [0, 0.1) is 0 Å². The standard InChI is InChI=1S/C10H22O4S.Na.H/c1-3-4-5-6-7-8-9-10-14-15(11,12)13-2;;/h3-10H2,1-2H3;;/q;+1;-1. The minimum Gasteiger partial charge on any atom is -1.00 e. The molecule has 0 saturated heterocycles. The molecule has 0 aliphatic carbocycles. The Morgan fingerprint density at radius 2 is 1.50 bits per heavy atom. The van der Waals surface area contributed by atoms with Crippen molar-refractivity contribution in [3.63, 3.8) is 0 Å². The maximum Gasteiger partial charge on any atom is 1.00 e. The van der Waals surface area contributed by atoms with Crippen molar-refractivity contribution < 1.29 is 47.8 Å². The molecular formula is C10H23NaO4S. The molecule has 0 rings (SSSR count). The Bertz CT molecular complexity index is 234. The Morgan fingerprint density at radius 3 is 2.00 bits per heavy atom. The van der Waals surface area contributed by atoms with Gasteiger partial charge in [-0.3, -0.25) is 4.18 Å². The van der Waals surface area contributed by atoms with Crippen LogP contribution in [0.3, 0.4) is 0 Å². The summed E-state index contributed by atoms with van der Waals surface area (Å²) in [6.45, 7) is 2.41. The van der Waals surface area contributed by atoms with E-state index in [9.17, 15) is 8.42 Å². The fraction of sp³-hybridized carbons (Fsp3) is 1.00. The molecule has 0 spiro atoms. The van der Waals surface area contributed by atoms with E-state index in [1.54, 1.807) is 0 Å². The molecule has 0 aliphatic rings. The van der Waals surface area contributed by atoms with Gasteiger partial charge in [0.1, 0.15) is 0 Å². The molecule has 16 heavy (non-hydrogen) atoms. The van der Waals surface area contributed by atoms with Gasteiger partial charge in [-0.1, -0.05) is 45.4 Å². The third-order valence-corrected chi connectivity index (χ3v) is 3.04. The Hall–Kier alpha value is 0.870. The Morgan fingerprint density at radius 1 is 1.00 bits per heavy atom. The second-order valence-corrected chi connectivity index (χ2v) is 4.90. The van der Waals surface area contributed by atoms with E-state index in [1.807, 2.05) is 0 Å².